The molecule has 0 atom stereocenters. The molecule has 0 aliphatic rings. The van der Waals surface area contributed by atoms with Crippen molar-refractivity contribution >= 4 is 5.65 Å². The van der Waals surface area contributed by atoms with E-state index in [9.17, 15) is 18.4 Å². The maximum atomic E-state index is 14.3. The normalized spacial score (nSPS) is 11.2. The highest BCUT2D eigenvalue weighted by Crippen LogP contribution is 2.30. The first-order valence-electron chi connectivity index (χ1n) is 7.71. The van der Waals surface area contributed by atoms with E-state index < -0.39 is 17.2 Å². The van der Waals surface area contributed by atoms with Crippen LogP contribution in [0.3, 0.4) is 0 Å². The van der Waals surface area contributed by atoms with Crippen molar-refractivity contribution in [3.63, 3.8) is 0 Å². The maximum Gasteiger partial charge on any atom is 0.273 e. The molecule has 0 saturated carbocycles. The van der Waals surface area contributed by atoms with E-state index in [0.717, 1.165) is 12.1 Å². The van der Waals surface area contributed by atoms with Crippen LogP contribution in [0.5, 0.6) is 0 Å². The number of aromatic nitrogens is 4. The Labute approximate surface area is 144 Å². The Bertz CT molecular complexity index is 1250. The average molecular weight is 354 g/mol. The molecule has 8 heteroatoms. The van der Waals surface area contributed by atoms with Gasteiger partial charge in [0, 0.05) is 46.8 Å². The Morgan fingerprint density at radius 3 is 2.58 bits per heavy atom. The fraction of sp³-hybridized carbons (Fsp3) is 0.0556. The molecule has 0 amide bonds. The summed E-state index contributed by atoms with van der Waals surface area (Å²) in [6.45, 7) is 1.67. The van der Waals surface area contributed by atoms with Crippen LogP contribution in [0.15, 0.2) is 52.2 Å². The molecule has 26 heavy (non-hydrogen) atoms. The van der Waals surface area contributed by atoms with E-state index in [4.69, 9.17) is 0 Å². The van der Waals surface area contributed by atoms with Crippen molar-refractivity contribution in [1.29, 1.82) is 0 Å². The van der Waals surface area contributed by atoms with Gasteiger partial charge < -0.3 is 4.98 Å². The standard InChI is InChI=1S/C18H12F2N4O2/c1-9-17(12-4-3-11(19)6-13(12)20)18-22-14(7-16(26)24(18)23-9)10-2-5-15(25)21-8-10/h2-8,23H,1H3,(H,21,25). The van der Waals surface area contributed by atoms with Crippen LogP contribution < -0.4 is 11.1 Å². The summed E-state index contributed by atoms with van der Waals surface area (Å²) < 4.78 is 28.7. The predicted molar refractivity (Wildman–Crippen MR) is 92.0 cm³/mol. The number of rotatable bonds is 2. The van der Waals surface area contributed by atoms with Crippen molar-refractivity contribution < 1.29 is 8.78 Å². The van der Waals surface area contributed by atoms with E-state index in [1.807, 2.05) is 0 Å². The monoisotopic (exact) mass is 354 g/mol. The molecule has 3 heterocycles. The number of hydrogen-bond acceptors (Lipinski definition) is 3. The molecule has 0 radical (unpaired) electrons. The van der Waals surface area contributed by atoms with Gasteiger partial charge in [0.25, 0.3) is 5.56 Å². The van der Waals surface area contributed by atoms with Gasteiger partial charge in [-0.25, -0.2) is 18.3 Å². The molecule has 1 aromatic carbocycles. The van der Waals surface area contributed by atoms with Gasteiger partial charge in [-0.15, -0.1) is 0 Å². The lowest BCUT2D eigenvalue weighted by Crippen LogP contribution is -2.14. The highest BCUT2D eigenvalue weighted by Gasteiger charge is 2.18. The third kappa shape index (κ3) is 2.52. The molecule has 6 nitrogen and oxygen atoms in total. The van der Waals surface area contributed by atoms with Gasteiger partial charge in [0.05, 0.1) is 5.69 Å². The van der Waals surface area contributed by atoms with Gasteiger partial charge >= 0.3 is 0 Å². The minimum atomic E-state index is -0.752. The summed E-state index contributed by atoms with van der Waals surface area (Å²) in [5.41, 5.74) is 1.41. The summed E-state index contributed by atoms with van der Waals surface area (Å²) in [6, 6.07) is 7.39. The number of fused-ring (bicyclic) bond motifs is 1. The van der Waals surface area contributed by atoms with E-state index >= 15 is 0 Å². The topological polar surface area (TPSA) is 83.0 Å². The fourth-order valence-electron chi connectivity index (χ4n) is 2.88. The Hall–Kier alpha value is -3.55. The maximum absolute atomic E-state index is 14.3. The molecule has 0 saturated heterocycles. The first-order valence-corrected chi connectivity index (χ1v) is 7.71. The van der Waals surface area contributed by atoms with Crippen LogP contribution >= 0.6 is 0 Å². The van der Waals surface area contributed by atoms with Gasteiger partial charge in [-0.1, -0.05) is 0 Å². The lowest BCUT2D eigenvalue weighted by Gasteiger charge is -2.05. The van der Waals surface area contributed by atoms with Crippen LogP contribution in [0.1, 0.15) is 5.69 Å². The van der Waals surface area contributed by atoms with Crippen molar-refractivity contribution in [3.8, 4) is 22.4 Å². The van der Waals surface area contributed by atoms with Crippen molar-refractivity contribution in [2.45, 2.75) is 6.92 Å². The first kappa shape index (κ1) is 15.9. The van der Waals surface area contributed by atoms with Gasteiger partial charge in [-0.05, 0) is 25.1 Å². The fourth-order valence-corrected chi connectivity index (χ4v) is 2.88. The minimum Gasteiger partial charge on any atom is -0.328 e. The number of benzene rings is 1. The van der Waals surface area contributed by atoms with Gasteiger partial charge in [-0.2, -0.15) is 0 Å². The number of H-pyrrole nitrogens is 2. The smallest absolute Gasteiger partial charge is 0.273 e. The van der Waals surface area contributed by atoms with E-state index in [0.29, 0.717) is 22.5 Å². The molecular weight excluding hydrogens is 342 g/mol. The third-order valence-electron chi connectivity index (χ3n) is 4.08. The molecule has 2 N–H and O–H groups in total. The first-order chi connectivity index (χ1) is 12.4. The second-order valence-electron chi connectivity index (χ2n) is 5.82. The number of halogens is 2. The van der Waals surface area contributed by atoms with Gasteiger partial charge in [0.1, 0.15) is 11.6 Å². The molecule has 0 bridgehead atoms. The molecule has 0 fully saturated rings. The van der Waals surface area contributed by atoms with Crippen LogP contribution in [0, 0.1) is 18.6 Å². The largest absolute Gasteiger partial charge is 0.328 e. The molecule has 0 spiro atoms. The second kappa shape index (κ2) is 5.76. The lowest BCUT2D eigenvalue weighted by atomic mass is 10.1. The van der Waals surface area contributed by atoms with E-state index in [1.54, 1.807) is 6.92 Å². The van der Waals surface area contributed by atoms with E-state index in [-0.39, 0.29) is 16.8 Å². The summed E-state index contributed by atoms with van der Waals surface area (Å²) in [5.74, 6) is -1.44. The Morgan fingerprint density at radius 2 is 1.88 bits per heavy atom. The third-order valence-corrected chi connectivity index (χ3v) is 4.08. The number of aromatic amines is 2. The van der Waals surface area contributed by atoms with Crippen molar-refractivity contribution in [3.05, 3.63) is 80.6 Å². The van der Waals surface area contributed by atoms with Crippen molar-refractivity contribution in [2.24, 2.45) is 0 Å². The number of hydrogen-bond donors (Lipinski definition) is 2. The summed E-state index contributed by atoms with van der Waals surface area (Å²) in [7, 11) is 0. The highest BCUT2D eigenvalue weighted by molar-refractivity contribution is 5.81. The van der Waals surface area contributed by atoms with Gasteiger partial charge in [0.15, 0.2) is 5.65 Å². The predicted octanol–water partition coefficient (Wildman–Crippen LogP) is 2.63. The molecule has 0 aliphatic carbocycles. The van der Waals surface area contributed by atoms with Crippen LogP contribution in [0.2, 0.25) is 0 Å². The van der Waals surface area contributed by atoms with Crippen LogP contribution in [0.25, 0.3) is 28.0 Å². The number of nitrogens with one attached hydrogen (secondary N) is 2. The zero-order chi connectivity index (χ0) is 18.4. The summed E-state index contributed by atoms with van der Waals surface area (Å²) >= 11 is 0. The summed E-state index contributed by atoms with van der Waals surface area (Å²) in [4.78, 5) is 30.6. The summed E-state index contributed by atoms with van der Waals surface area (Å²) in [6.07, 6.45) is 1.44. The minimum absolute atomic E-state index is 0.133. The molecule has 4 aromatic rings. The number of nitrogens with zero attached hydrogens (tertiary/aromatic N) is 2. The highest BCUT2D eigenvalue weighted by atomic mass is 19.1. The van der Waals surface area contributed by atoms with Crippen molar-refractivity contribution in [1.82, 2.24) is 19.6 Å². The zero-order valence-electron chi connectivity index (χ0n) is 13.5. The second-order valence-corrected chi connectivity index (χ2v) is 5.82. The lowest BCUT2D eigenvalue weighted by molar-refractivity contribution is 0.585. The zero-order valence-corrected chi connectivity index (χ0v) is 13.5. The number of aryl methyl sites for hydroxylation is 1. The quantitative estimate of drug-likeness (QED) is 0.580. The molecule has 0 unspecified atom stereocenters. The molecule has 3 aromatic heterocycles. The SMILES string of the molecule is Cc1[nH]n2c(=O)cc(-c3ccc(=O)[nH]c3)nc2c1-c1ccc(F)cc1F. The van der Waals surface area contributed by atoms with Crippen LogP contribution in [-0.2, 0) is 0 Å². The molecular formula is C18H12F2N4O2. The van der Waals surface area contributed by atoms with Crippen molar-refractivity contribution in [2.75, 3.05) is 0 Å². The molecule has 130 valence electrons. The number of pyridine rings is 1. The van der Waals surface area contributed by atoms with Gasteiger partial charge in [0.2, 0.25) is 5.56 Å². The Kier molecular flexibility index (Phi) is 3.54. The Balaban J connectivity index is 2.02. The van der Waals surface area contributed by atoms with Crippen LogP contribution in [0.4, 0.5) is 8.78 Å². The van der Waals surface area contributed by atoms with E-state index in [1.165, 1.54) is 35.0 Å². The molecule has 0 aliphatic heterocycles. The van der Waals surface area contributed by atoms with Crippen LogP contribution in [-0.4, -0.2) is 19.6 Å². The van der Waals surface area contributed by atoms with E-state index in [2.05, 4.69) is 15.1 Å². The average Bonchev–Trinajstić information content (AvgIpc) is 2.92. The van der Waals surface area contributed by atoms with Gasteiger partial charge in [-0.3, -0.25) is 14.7 Å². The molecule has 4 rings (SSSR count). The Morgan fingerprint density at radius 1 is 1.08 bits per heavy atom. The summed E-state index contributed by atoms with van der Waals surface area (Å²) in [5, 5.41) is 2.85.